The van der Waals surface area contributed by atoms with Gasteiger partial charge in [-0.05, 0) is 18.3 Å². The van der Waals surface area contributed by atoms with E-state index in [-0.39, 0.29) is 0 Å². The molecule has 114 valence electrons. The molecule has 1 saturated heterocycles. The molecule has 0 radical (unpaired) electrons. The molecule has 3 nitrogen and oxygen atoms in total. The molecule has 0 amide bonds. The van der Waals surface area contributed by atoms with Crippen molar-refractivity contribution in [1.82, 2.24) is 10.2 Å². The summed E-state index contributed by atoms with van der Waals surface area (Å²) >= 11 is 0. The van der Waals surface area contributed by atoms with Gasteiger partial charge in [-0.3, -0.25) is 4.90 Å². The minimum absolute atomic E-state index is 0.636. The van der Waals surface area contributed by atoms with Gasteiger partial charge in [-0.2, -0.15) is 0 Å². The number of rotatable bonds is 8. The molecule has 1 N–H and O–H groups in total. The molecule has 1 rings (SSSR count). The zero-order valence-corrected chi connectivity index (χ0v) is 13.6. The first-order valence-corrected chi connectivity index (χ1v) is 8.09. The molecule has 1 aliphatic heterocycles. The van der Waals surface area contributed by atoms with Crippen molar-refractivity contribution in [2.45, 2.75) is 59.5 Å². The van der Waals surface area contributed by atoms with Crippen LogP contribution < -0.4 is 5.32 Å². The number of ether oxygens (including phenoxy) is 1. The maximum Gasteiger partial charge on any atom is 0.0593 e. The van der Waals surface area contributed by atoms with Gasteiger partial charge in [0.25, 0.3) is 0 Å². The standard InChI is InChI=1S/C16H34N2O/c1-6-7-15-11-18(8-9-19-12-13(2)3)16(10-17-15)14(4)5/h13-17H,6-12H2,1-5H3. The molecule has 3 heteroatoms. The van der Waals surface area contributed by atoms with Gasteiger partial charge in [0.1, 0.15) is 0 Å². The van der Waals surface area contributed by atoms with Crippen molar-refractivity contribution in [2.75, 3.05) is 32.8 Å². The molecule has 0 aliphatic carbocycles. The van der Waals surface area contributed by atoms with Gasteiger partial charge in [-0.15, -0.1) is 0 Å². The molecule has 0 bridgehead atoms. The highest BCUT2D eigenvalue weighted by Crippen LogP contribution is 2.16. The first-order chi connectivity index (χ1) is 9.04. The number of nitrogens with zero attached hydrogens (tertiary/aromatic N) is 1. The minimum atomic E-state index is 0.636. The average molecular weight is 270 g/mol. The lowest BCUT2D eigenvalue weighted by atomic mass is 9.97. The first kappa shape index (κ1) is 16.9. The lowest BCUT2D eigenvalue weighted by Gasteiger charge is -2.42. The highest BCUT2D eigenvalue weighted by molar-refractivity contribution is 4.87. The van der Waals surface area contributed by atoms with Gasteiger partial charge >= 0.3 is 0 Å². The molecule has 1 fully saturated rings. The van der Waals surface area contributed by atoms with Crippen LogP contribution in [0.1, 0.15) is 47.5 Å². The molecule has 0 aromatic heterocycles. The highest BCUT2D eigenvalue weighted by atomic mass is 16.5. The lowest BCUT2D eigenvalue weighted by Crippen LogP contribution is -2.58. The quantitative estimate of drug-likeness (QED) is 0.686. The smallest absolute Gasteiger partial charge is 0.0593 e. The second-order valence-corrected chi connectivity index (χ2v) is 6.67. The third-order valence-electron chi connectivity index (χ3n) is 3.92. The second kappa shape index (κ2) is 8.93. The Hall–Kier alpha value is -0.120. The maximum absolute atomic E-state index is 5.76. The summed E-state index contributed by atoms with van der Waals surface area (Å²) in [6.45, 7) is 16.5. The van der Waals surface area contributed by atoms with Gasteiger partial charge in [-0.1, -0.05) is 41.0 Å². The Morgan fingerprint density at radius 3 is 2.58 bits per heavy atom. The third kappa shape index (κ3) is 6.24. The molecule has 0 aromatic carbocycles. The van der Waals surface area contributed by atoms with Crippen molar-refractivity contribution >= 4 is 0 Å². The summed E-state index contributed by atoms with van der Waals surface area (Å²) in [7, 11) is 0. The summed E-state index contributed by atoms with van der Waals surface area (Å²) in [6.07, 6.45) is 2.55. The average Bonchev–Trinajstić information content (AvgIpc) is 2.34. The fraction of sp³-hybridized carbons (Fsp3) is 1.00. The minimum Gasteiger partial charge on any atom is -0.380 e. The topological polar surface area (TPSA) is 24.5 Å². The van der Waals surface area contributed by atoms with Crippen LogP contribution in [0, 0.1) is 11.8 Å². The van der Waals surface area contributed by atoms with Crippen molar-refractivity contribution in [3.05, 3.63) is 0 Å². The van der Waals surface area contributed by atoms with Crippen LogP contribution in [-0.2, 0) is 4.74 Å². The SMILES string of the molecule is CCCC1CN(CCOCC(C)C)C(C(C)C)CN1. The van der Waals surface area contributed by atoms with Gasteiger partial charge in [0, 0.05) is 38.3 Å². The Balaban J connectivity index is 2.38. The van der Waals surface area contributed by atoms with Gasteiger partial charge in [-0.25, -0.2) is 0 Å². The Morgan fingerprint density at radius 1 is 1.26 bits per heavy atom. The molecule has 1 heterocycles. The molecule has 2 unspecified atom stereocenters. The van der Waals surface area contributed by atoms with E-state index >= 15 is 0 Å². The van der Waals surface area contributed by atoms with Crippen LogP contribution in [0.2, 0.25) is 0 Å². The largest absolute Gasteiger partial charge is 0.380 e. The van der Waals surface area contributed by atoms with Crippen LogP contribution in [0.4, 0.5) is 0 Å². The van der Waals surface area contributed by atoms with E-state index in [1.54, 1.807) is 0 Å². The van der Waals surface area contributed by atoms with Crippen LogP contribution in [0.5, 0.6) is 0 Å². The Kier molecular flexibility index (Phi) is 7.96. The first-order valence-electron chi connectivity index (χ1n) is 8.09. The fourth-order valence-corrected chi connectivity index (χ4v) is 2.86. The monoisotopic (exact) mass is 270 g/mol. The van der Waals surface area contributed by atoms with Crippen LogP contribution in [0.25, 0.3) is 0 Å². The number of piperazine rings is 1. The molecule has 2 atom stereocenters. The van der Waals surface area contributed by atoms with E-state index in [1.165, 1.54) is 19.4 Å². The Labute approximate surface area is 120 Å². The van der Waals surface area contributed by atoms with E-state index in [4.69, 9.17) is 4.74 Å². The maximum atomic E-state index is 5.76. The zero-order chi connectivity index (χ0) is 14.3. The van der Waals surface area contributed by atoms with E-state index < -0.39 is 0 Å². The normalized spacial score (nSPS) is 25.4. The Bertz CT molecular complexity index is 231. The fourth-order valence-electron chi connectivity index (χ4n) is 2.86. The lowest BCUT2D eigenvalue weighted by molar-refractivity contribution is 0.0414. The molecule has 0 spiro atoms. The van der Waals surface area contributed by atoms with Crippen LogP contribution in [0.15, 0.2) is 0 Å². The summed E-state index contributed by atoms with van der Waals surface area (Å²) < 4.78 is 5.76. The van der Waals surface area contributed by atoms with Gasteiger partial charge in [0.15, 0.2) is 0 Å². The molecule has 1 aliphatic rings. The van der Waals surface area contributed by atoms with Crippen molar-refractivity contribution in [1.29, 1.82) is 0 Å². The van der Waals surface area contributed by atoms with E-state index in [0.717, 1.165) is 26.3 Å². The predicted octanol–water partition coefficient (Wildman–Crippen LogP) is 2.76. The summed E-state index contributed by atoms with van der Waals surface area (Å²) in [6, 6.07) is 1.33. The number of hydrogen-bond donors (Lipinski definition) is 1. The number of nitrogens with one attached hydrogen (secondary N) is 1. The summed E-state index contributed by atoms with van der Waals surface area (Å²) in [5.74, 6) is 1.34. The van der Waals surface area contributed by atoms with Crippen LogP contribution in [0.3, 0.4) is 0 Å². The van der Waals surface area contributed by atoms with Gasteiger partial charge in [0.2, 0.25) is 0 Å². The molecule has 19 heavy (non-hydrogen) atoms. The summed E-state index contributed by atoms with van der Waals surface area (Å²) in [5.41, 5.74) is 0. The molecule has 0 aromatic rings. The predicted molar refractivity (Wildman–Crippen MR) is 82.6 cm³/mol. The van der Waals surface area contributed by atoms with E-state index in [1.807, 2.05) is 0 Å². The van der Waals surface area contributed by atoms with Crippen LogP contribution >= 0.6 is 0 Å². The summed E-state index contributed by atoms with van der Waals surface area (Å²) in [4.78, 5) is 2.64. The number of hydrogen-bond acceptors (Lipinski definition) is 3. The second-order valence-electron chi connectivity index (χ2n) is 6.67. The Morgan fingerprint density at radius 2 is 2.00 bits per heavy atom. The summed E-state index contributed by atoms with van der Waals surface area (Å²) in [5, 5.41) is 3.71. The van der Waals surface area contributed by atoms with Crippen LogP contribution in [-0.4, -0.2) is 49.8 Å². The van der Waals surface area contributed by atoms with E-state index in [0.29, 0.717) is 23.9 Å². The zero-order valence-electron chi connectivity index (χ0n) is 13.6. The van der Waals surface area contributed by atoms with Crippen molar-refractivity contribution in [3.63, 3.8) is 0 Å². The van der Waals surface area contributed by atoms with Gasteiger partial charge in [0.05, 0.1) is 6.61 Å². The van der Waals surface area contributed by atoms with E-state index in [2.05, 4.69) is 44.8 Å². The van der Waals surface area contributed by atoms with E-state index in [9.17, 15) is 0 Å². The highest BCUT2D eigenvalue weighted by Gasteiger charge is 2.28. The van der Waals surface area contributed by atoms with Crippen molar-refractivity contribution in [2.24, 2.45) is 11.8 Å². The molecular formula is C16H34N2O. The third-order valence-corrected chi connectivity index (χ3v) is 3.92. The molecular weight excluding hydrogens is 236 g/mol. The van der Waals surface area contributed by atoms with Crippen molar-refractivity contribution < 1.29 is 4.74 Å². The van der Waals surface area contributed by atoms with Crippen molar-refractivity contribution in [3.8, 4) is 0 Å². The molecule has 0 saturated carbocycles. The van der Waals surface area contributed by atoms with Gasteiger partial charge < -0.3 is 10.1 Å².